The lowest BCUT2D eigenvalue weighted by molar-refractivity contribution is 1.53. The molecule has 0 fully saturated rings. The molecule has 480 valence electrons. The normalized spacial score (nSPS) is 11.8. The van der Waals surface area contributed by atoms with Gasteiger partial charge in [-0.3, -0.25) is 0 Å². The largest absolute Gasteiger partial charge is 0.0622 e. The Morgan fingerprint density at radius 1 is 0.0962 bits per heavy atom. The van der Waals surface area contributed by atoms with Crippen LogP contribution in [0.1, 0.15) is 0 Å². The third-order valence-electron chi connectivity index (χ3n) is 22.3. The molecule has 0 N–H and O–H groups in total. The zero-order chi connectivity index (χ0) is 68.3. The number of fused-ring (bicyclic) bond motifs is 8. The average Bonchev–Trinajstić information content (AvgIpc) is 1.46. The molecule has 2 aliphatic rings. The van der Waals surface area contributed by atoms with Gasteiger partial charge in [-0.1, -0.05) is 364 Å². The number of hydrogen-bond donors (Lipinski definition) is 0. The standard InChI is InChI=1S/C104H64/c1-9-29-65(30-10-1)73-45-25-49-77(61-73)93-89(69-37-17-5-18-38-69)90(70-39-19-6-20-40-70)94(78-50-26-46-74(62-78)66-31-11-2-12-32-66)102-86-58-54-82-84-56-60-88-100-87(59-55-83(98(84)100)81-53-57-85(101(93)102)99(86)97(81)82)103-95(79-51-27-47-75(63-79)67-33-13-3-14-34-67)91(71-41-21-7-22-42-71)92(72-43-23-8-24-44-72)96(104(88)103)80-52-28-48-76(64-80)68-35-15-4-16-36-68/h1-64H. The molecule has 0 saturated heterocycles. The minimum atomic E-state index is 1.17. The quantitative estimate of drug-likeness (QED) is 0.0845. The minimum absolute atomic E-state index is 1.17. The molecular weight excluding hydrogens is 1250 g/mol. The van der Waals surface area contributed by atoms with E-state index in [4.69, 9.17) is 0 Å². The molecule has 104 heavy (non-hydrogen) atoms. The van der Waals surface area contributed by atoms with Crippen molar-refractivity contribution in [1.82, 2.24) is 0 Å². The highest BCUT2D eigenvalue weighted by Crippen LogP contribution is 2.66. The maximum Gasteiger partial charge on any atom is -0.000717 e. The summed E-state index contributed by atoms with van der Waals surface area (Å²) in [7, 11) is 0. The topological polar surface area (TPSA) is 0 Å². The molecule has 0 atom stereocenters. The van der Waals surface area contributed by atoms with E-state index >= 15 is 0 Å². The summed E-state index contributed by atoms with van der Waals surface area (Å²) in [5.41, 5.74) is 38.7. The molecule has 0 bridgehead atoms. The molecule has 0 unspecified atom stereocenters. The molecule has 0 amide bonds. The van der Waals surface area contributed by atoms with E-state index in [0.29, 0.717) is 0 Å². The fraction of sp³-hybridized carbons (Fsp3) is 0. The molecule has 21 rings (SSSR count). The van der Waals surface area contributed by atoms with Crippen LogP contribution in [0.3, 0.4) is 0 Å². The van der Waals surface area contributed by atoms with Crippen molar-refractivity contribution in [3.05, 3.63) is 388 Å². The van der Waals surface area contributed by atoms with E-state index in [2.05, 4.69) is 388 Å². The Morgan fingerprint density at radius 2 is 0.260 bits per heavy atom. The van der Waals surface area contributed by atoms with Crippen LogP contribution < -0.4 is 0 Å². The summed E-state index contributed by atoms with van der Waals surface area (Å²) in [6, 6.07) is 146. The molecule has 19 aromatic carbocycles. The van der Waals surface area contributed by atoms with Crippen LogP contribution in [-0.2, 0) is 0 Å². The zero-order valence-corrected chi connectivity index (χ0v) is 57.0. The first-order chi connectivity index (χ1) is 51.7. The lowest BCUT2D eigenvalue weighted by Crippen LogP contribution is -2.00. The van der Waals surface area contributed by atoms with E-state index in [9.17, 15) is 0 Å². The zero-order valence-electron chi connectivity index (χ0n) is 57.0. The van der Waals surface area contributed by atoms with Crippen LogP contribution in [0.5, 0.6) is 0 Å². The summed E-state index contributed by atoms with van der Waals surface area (Å²) >= 11 is 0. The first kappa shape index (κ1) is 59.4. The highest BCUT2D eigenvalue weighted by atomic mass is 14.4. The van der Waals surface area contributed by atoms with Crippen LogP contribution in [0.2, 0.25) is 0 Å². The van der Waals surface area contributed by atoms with Crippen LogP contribution in [0.4, 0.5) is 0 Å². The summed E-state index contributed by atoms with van der Waals surface area (Å²) < 4.78 is 0. The molecule has 0 saturated carbocycles. The van der Waals surface area contributed by atoms with Crippen molar-refractivity contribution in [3.8, 4) is 178 Å². The van der Waals surface area contributed by atoms with Crippen LogP contribution >= 0.6 is 0 Å². The van der Waals surface area contributed by atoms with Crippen molar-refractivity contribution in [2.45, 2.75) is 0 Å². The van der Waals surface area contributed by atoms with Gasteiger partial charge in [0, 0.05) is 0 Å². The summed E-state index contributed by atoms with van der Waals surface area (Å²) in [6.07, 6.45) is 0. The van der Waals surface area contributed by atoms with Crippen LogP contribution in [0.25, 0.3) is 221 Å². The average molecular weight is 1310 g/mol. The number of rotatable bonds is 12. The smallest absolute Gasteiger partial charge is 0.000717 e. The summed E-state index contributed by atoms with van der Waals surface area (Å²) in [6.45, 7) is 0. The molecule has 19 aromatic rings. The molecule has 0 heterocycles. The van der Waals surface area contributed by atoms with Crippen molar-refractivity contribution in [1.29, 1.82) is 0 Å². The molecule has 0 spiro atoms. The predicted octanol–water partition coefficient (Wildman–Crippen LogP) is 29.0. The Hall–Kier alpha value is -13.5. The highest BCUT2D eigenvalue weighted by Gasteiger charge is 2.38. The molecule has 0 heteroatoms. The summed E-state index contributed by atoms with van der Waals surface area (Å²) in [5.74, 6) is 0. The first-order valence-electron chi connectivity index (χ1n) is 36.2. The van der Waals surface area contributed by atoms with Gasteiger partial charge in [0.2, 0.25) is 0 Å². The van der Waals surface area contributed by atoms with E-state index in [1.807, 2.05) is 0 Å². The maximum absolute atomic E-state index is 2.50. The maximum atomic E-state index is 2.50. The van der Waals surface area contributed by atoms with Gasteiger partial charge in [0.1, 0.15) is 0 Å². The van der Waals surface area contributed by atoms with Gasteiger partial charge < -0.3 is 0 Å². The molecule has 0 nitrogen and oxygen atoms in total. The van der Waals surface area contributed by atoms with Crippen molar-refractivity contribution in [3.63, 3.8) is 0 Å². The van der Waals surface area contributed by atoms with Crippen molar-refractivity contribution in [2.75, 3.05) is 0 Å². The van der Waals surface area contributed by atoms with E-state index in [0.717, 1.165) is 0 Å². The van der Waals surface area contributed by atoms with Gasteiger partial charge in [0.15, 0.2) is 0 Å². The highest BCUT2D eigenvalue weighted by molar-refractivity contribution is 6.42. The number of benzene rings is 19. The molecule has 2 aliphatic carbocycles. The third-order valence-corrected chi connectivity index (χ3v) is 22.3. The molecular formula is C104H64. The van der Waals surface area contributed by atoms with Crippen molar-refractivity contribution >= 4 is 43.1 Å². The summed E-state index contributed by atoms with van der Waals surface area (Å²) in [4.78, 5) is 0. The van der Waals surface area contributed by atoms with E-state index in [-0.39, 0.29) is 0 Å². The van der Waals surface area contributed by atoms with Gasteiger partial charge in [-0.05, 0) is 245 Å². The van der Waals surface area contributed by atoms with Crippen molar-refractivity contribution in [2.24, 2.45) is 0 Å². The van der Waals surface area contributed by atoms with E-state index in [1.165, 1.54) is 221 Å². The Labute approximate surface area is 605 Å². The van der Waals surface area contributed by atoms with Gasteiger partial charge in [-0.25, -0.2) is 0 Å². The van der Waals surface area contributed by atoms with Gasteiger partial charge in [-0.15, -0.1) is 0 Å². The van der Waals surface area contributed by atoms with Crippen LogP contribution in [0.15, 0.2) is 388 Å². The fourth-order valence-electron chi connectivity index (χ4n) is 18.0. The molecule has 0 aliphatic heterocycles. The van der Waals surface area contributed by atoms with Crippen LogP contribution in [0, 0.1) is 0 Å². The molecule has 0 radical (unpaired) electrons. The lowest BCUT2D eigenvalue weighted by atomic mass is 9.76. The predicted molar refractivity (Wildman–Crippen MR) is 442 cm³/mol. The fourth-order valence-corrected chi connectivity index (χ4v) is 18.0. The second-order valence-electron chi connectivity index (χ2n) is 27.9. The Balaban J connectivity index is 0.893. The van der Waals surface area contributed by atoms with Gasteiger partial charge in [0.25, 0.3) is 0 Å². The third kappa shape index (κ3) is 9.26. The second-order valence-corrected chi connectivity index (χ2v) is 27.9. The van der Waals surface area contributed by atoms with Gasteiger partial charge >= 0.3 is 0 Å². The van der Waals surface area contributed by atoms with E-state index < -0.39 is 0 Å². The Kier molecular flexibility index (Phi) is 13.8. The second kappa shape index (κ2) is 24.1. The molecule has 0 aromatic heterocycles. The summed E-state index contributed by atoms with van der Waals surface area (Å²) in [5, 5.41) is 10.2. The Bertz CT molecular complexity index is 5820. The van der Waals surface area contributed by atoms with Gasteiger partial charge in [0.05, 0.1) is 0 Å². The van der Waals surface area contributed by atoms with Crippen molar-refractivity contribution < 1.29 is 0 Å². The minimum Gasteiger partial charge on any atom is -0.0622 e. The lowest BCUT2D eigenvalue weighted by Gasteiger charge is -2.26. The van der Waals surface area contributed by atoms with E-state index in [1.54, 1.807) is 0 Å². The van der Waals surface area contributed by atoms with Gasteiger partial charge in [-0.2, -0.15) is 0 Å². The Morgan fingerprint density at radius 3 is 0.462 bits per heavy atom. The first-order valence-corrected chi connectivity index (χ1v) is 36.2. The van der Waals surface area contributed by atoms with Crippen LogP contribution in [-0.4, -0.2) is 0 Å². The number of hydrogen-bond acceptors (Lipinski definition) is 0. The monoisotopic (exact) mass is 1310 g/mol. The SMILES string of the molecule is c1ccc(-c2cccc(-c3c(-c4ccccc4)c(-c4ccccc4)c(-c4cccc(-c5ccccc5)c4)c4c3-c3ccc5c6ccc7c8c(ccc(c9ccc-4c3c59)c86)-c3c(-c4cccc(-c5ccccc5)c4)c(-c4ccccc4)c(-c4ccccc4)c(-c4cccc(-c5ccccc5)c4)c3-7)c2)cc1.